The fourth-order valence-corrected chi connectivity index (χ4v) is 7.53. The number of hydrogen-bond acceptors (Lipinski definition) is 5. The van der Waals surface area contributed by atoms with Crippen molar-refractivity contribution in [1.82, 2.24) is 0 Å². The second-order valence-electron chi connectivity index (χ2n) is 12.7. The SMILES string of the molecule is Cc1ccc(NC(=O)COc2c(Br)cc(C3C4=C(CC(C)(C)CC4=O)OC4=C3C(=O)CC(C)(C)C4)cc2Br)cc1Cl. The molecule has 0 unspecified atom stereocenters. The van der Waals surface area contributed by atoms with Gasteiger partial charge in [-0.25, -0.2) is 0 Å². The molecule has 2 aliphatic carbocycles. The lowest BCUT2D eigenvalue weighted by atomic mass is 9.65. The van der Waals surface area contributed by atoms with Gasteiger partial charge in [0, 0.05) is 53.5 Å². The Morgan fingerprint density at radius 2 is 1.49 bits per heavy atom. The molecule has 1 amide bonds. The smallest absolute Gasteiger partial charge is 0.262 e. The van der Waals surface area contributed by atoms with Crippen molar-refractivity contribution >= 4 is 66.6 Å². The van der Waals surface area contributed by atoms with Gasteiger partial charge in [-0.1, -0.05) is 45.4 Å². The van der Waals surface area contributed by atoms with E-state index in [4.69, 9.17) is 21.1 Å². The Balaban J connectivity index is 1.46. The quantitative estimate of drug-likeness (QED) is 0.337. The van der Waals surface area contributed by atoms with E-state index >= 15 is 0 Å². The summed E-state index contributed by atoms with van der Waals surface area (Å²) in [4.78, 5) is 39.7. The molecule has 0 radical (unpaired) electrons. The predicted molar refractivity (Wildman–Crippen MR) is 166 cm³/mol. The number of anilines is 1. The summed E-state index contributed by atoms with van der Waals surface area (Å²) in [6.45, 7) is 9.92. The maximum Gasteiger partial charge on any atom is 0.262 e. The molecular weight excluding hydrogens is 674 g/mol. The number of halogens is 3. The van der Waals surface area contributed by atoms with Gasteiger partial charge in [-0.15, -0.1) is 0 Å². The summed E-state index contributed by atoms with van der Waals surface area (Å²) in [7, 11) is 0. The van der Waals surface area contributed by atoms with Crippen molar-refractivity contribution in [3.8, 4) is 5.75 Å². The van der Waals surface area contributed by atoms with Crippen LogP contribution in [0.2, 0.25) is 5.02 Å². The number of hydrogen-bond donors (Lipinski definition) is 1. The van der Waals surface area contributed by atoms with Crippen LogP contribution in [-0.2, 0) is 19.1 Å². The number of rotatable bonds is 5. The average molecular weight is 706 g/mol. The third-order valence-electron chi connectivity index (χ3n) is 7.74. The van der Waals surface area contributed by atoms with Crippen LogP contribution < -0.4 is 10.1 Å². The van der Waals surface area contributed by atoms with Gasteiger partial charge in [-0.05, 0) is 85.0 Å². The van der Waals surface area contributed by atoms with E-state index in [2.05, 4.69) is 64.9 Å². The number of Topliss-reactive ketones (excluding diaryl/α,β-unsaturated/α-hetero) is 2. The van der Waals surface area contributed by atoms with Crippen molar-refractivity contribution in [3.05, 3.63) is 78.1 Å². The number of allylic oxidation sites excluding steroid dienone is 4. The number of ether oxygens (including phenoxy) is 2. The molecule has 0 fully saturated rings. The largest absolute Gasteiger partial charge is 0.481 e. The normalized spacial score (nSPS) is 19.9. The lowest BCUT2D eigenvalue weighted by Gasteiger charge is -2.42. The molecular formula is C32H32Br2ClNO5. The molecule has 0 saturated carbocycles. The van der Waals surface area contributed by atoms with Gasteiger partial charge in [0.15, 0.2) is 18.2 Å². The van der Waals surface area contributed by atoms with Crippen molar-refractivity contribution in [3.63, 3.8) is 0 Å². The molecule has 9 heteroatoms. The molecule has 3 aliphatic rings. The fraction of sp³-hybridized carbons (Fsp3) is 0.406. The van der Waals surface area contributed by atoms with Gasteiger partial charge < -0.3 is 14.8 Å². The molecule has 216 valence electrons. The van der Waals surface area contributed by atoms with Crippen LogP contribution in [-0.4, -0.2) is 24.1 Å². The van der Waals surface area contributed by atoms with E-state index in [0.717, 1.165) is 11.1 Å². The van der Waals surface area contributed by atoms with Crippen LogP contribution >= 0.6 is 43.5 Å². The molecule has 2 aromatic carbocycles. The molecule has 2 aromatic rings. The minimum Gasteiger partial charge on any atom is -0.481 e. The Hall–Kier alpha value is -2.42. The minimum atomic E-state index is -0.530. The first-order chi connectivity index (χ1) is 19.1. The first kappa shape index (κ1) is 30.1. The number of ketones is 2. The summed E-state index contributed by atoms with van der Waals surface area (Å²) in [6, 6.07) is 9.03. The first-order valence-electron chi connectivity index (χ1n) is 13.5. The van der Waals surface area contributed by atoms with Crippen LogP contribution in [0.15, 0.2) is 61.9 Å². The fourth-order valence-electron chi connectivity index (χ4n) is 5.90. The number of benzene rings is 2. The molecule has 0 bridgehead atoms. The third kappa shape index (κ3) is 6.20. The highest BCUT2D eigenvalue weighted by molar-refractivity contribution is 9.11. The molecule has 1 aliphatic heterocycles. The monoisotopic (exact) mass is 703 g/mol. The van der Waals surface area contributed by atoms with E-state index < -0.39 is 5.92 Å². The lowest BCUT2D eigenvalue weighted by Crippen LogP contribution is -2.37. The molecule has 1 heterocycles. The Bertz CT molecular complexity index is 1480. The van der Waals surface area contributed by atoms with Crippen LogP contribution in [0.4, 0.5) is 5.69 Å². The molecule has 0 saturated heterocycles. The summed E-state index contributed by atoms with van der Waals surface area (Å²) in [6.07, 6.45) is 2.03. The summed E-state index contributed by atoms with van der Waals surface area (Å²) >= 11 is 13.4. The highest BCUT2D eigenvalue weighted by Crippen LogP contribution is 2.54. The molecule has 6 nitrogen and oxygen atoms in total. The van der Waals surface area contributed by atoms with Crippen molar-refractivity contribution in [2.75, 3.05) is 11.9 Å². The van der Waals surface area contributed by atoms with Crippen LogP contribution in [0.5, 0.6) is 5.75 Å². The average Bonchev–Trinajstić information content (AvgIpc) is 2.82. The van der Waals surface area contributed by atoms with Gasteiger partial charge in [-0.2, -0.15) is 0 Å². The van der Waals surface area contributed by atoms with Crippen LogP contribution in [0.1, 0.15) is 70.4 Å². The second kappa shape index (κ2) is 11.0. The summed E-state index contributed by atoms with van der Waals surface area (Å²) in [5.74, 6) is 0.914. The molecule has 0 spiro atoms. The zero-order chi connectivity index (χ0) is 29.9. The summed E-state index contributed by atoms with van der Waals surface area (Å²) in [5, 5.41) is 3.35. The van der Waals surface area contributed by atoms with Gasteiger partial charge in [0.2, 0.25) is 0 Å². The summed E-state index contributed by atoms with van der Waals surface area (Å²) < 4.78 is 13.5. The molecule has 0 aromatic heterocycles. The van der Waals surface area contributed by atoms with Gasteiger partial charge in [0.1, 0.15) is 17.3 Å². The Kier molecular flexibility index (Phi) is 8.07. The number of aryl methyl sites for hydroxylation is 1. The number of amides is 1. The molecule has 1 N–H and O–H groups in total. The topological polar surface area (TPSA) is 81.7 Å². The van der Waals surface area contributed by atoms with Crippen molar-refractivity contribution in [2.45, 2.75) is 66.2 Å². The van der Waals surface area contributed by atoms with Crippen molar-refractivity contribution in [2.24, 2.45) is 10.8 Å². The van der Waals surface area contributed by atoms with Crippen molar-refractivity contribution < 1.29 is 23.9 Å². The zero-order valence-electron chi connectivity index (χ0n) is 23.7. The molecule has 5 rings (SSSR count). The Morgan fingerprint density at radius 1 is 0.951 bits per heavy atom. The third-order valence-corrected chi connectivity index (χ3v) is 9.32. The summed E-state index contributed by atoms with van der Waals surface area (Å²) in [5.41, 5.74) is 2.96. The van der Waals surface area contributed by atoms with Crippen molar-refractivity contribution in [1.29, 1.82) is 0 Å². The maximum atomic E-state index is 13.6. The number of nitrogens with one attached hydrogen (secondary N) is 1. The van der Waals surface area contributed by atoms with E-state index in [9.17, 15) is 14.4 Å². The minimum absolute atomic E-state index is 0.00545. The van der Waals surface area contributed by atoms with E-state index in [1.807, 2.05) is 25.1 Å². The Morgan fingerprint density at radius 3 is 2.00 bits per heavy atom. The van der Waals surface area contributed by atoms with Crippen LogP contribution in [0.3, 0.4) is 0 Å². The van der Waals surface area contributed by atoms with E-state index in [0.29, 0.717) is 73.8 Å². The molecule has 41 heavy (non-hydrogen) atoms. The standard InChI is InChI=1S/C32H32Br2ClNO5/c1-16-6-7-18(10-21(16)35)36-26(39)15-40-30-19(33)8-17(9-20(30)34)27-28-22(37)11-31(2,3)13-24(28)41-25-14-32(4,5)12-23(38)29(25)27/h6-10,27H,11-15H2,1-5H3,(H,36,39). The van der Waals surface area contributed by atoms with Gasteiger partial charge >= 0.3 is 0 Å². The van der Waals surface area contributed by atoms with Crippen LogP contribution in [0.25, 0.3) is 0 Å². The highest BCUT2D eigenvalue weighted by Gasteiger charge is 2.48. The lowest BCUT2D eigenvalue weighted by molar-refractivity contribution is -0.120. The van der Waals surface area contributed by atoms with Gasteiger partial charge in [0.25, 0.3) is 5.91 Å². The van der Waals surface area contributed by atoms with E-state index in [1.165, 1.54) is 0 Å². The van der Waals surface area contributed by atoms with Gasteiger partial charge in [0.05, 0.1) is 8.95 Å². The Labute approximate surface area is 262 Å². The zero-order valence-corrected chi connectivity index (χ0v) is 27.6. The highest BCUT2D eigenvalue weighted by atomic mass is 79.9. The molecule has 0 atom stereocenters. The van der Waals surface area contributed by atoms with E-state index in [-0.39, 0.29) is 34.9 Å². The van der Waals surface area contributed by atoms with Crippen LogP contribution in [0, 0.1) is 17.8 Å². The van der Waals surface area contributed by atoms with Gasteiger partial charge in [-0.3, -0.25) is 14.4 Å². The maximum absolute atomic E-state index is 13.6. The first-order valence-corrected chi connectivity index (χ1v) is 15.5. The number of carbonyl (C=O) groups is 3. The number of carbonyl (C=O) groups excluding carboxylic acids is 3. The predicted octanol–water partition coefficient (Wildman–Crippen LogP) is 8.59. The van der Waals surface area contributed by atoms with E-state index in [1.54, 1.807) is 12.1 Å². The second-order valence-corrected chi connectivity index (χ2v) is 14.8.